The predicted octanol–water partition coefficient (Wildman–Crippen LogP) is 6.53. The van der Waals surface area contributed by atoms with E-state index in [1.165, 1.54) is 18.2 Å². The molecule has 0 aliphatic heterocycles. The summed E-state index contributed by atoms with van der Waals surface area (Å²) in [6.45, 7) is 0.179. The maximum Gasteiger partial charge on any atom is 0.269 e. The molecule has 0 fully saturated rings. The fourth-order valence-electron chi connectivity index (χ4n) is 3.42. The lowest BCUT2D eigenvalue weighted by atomic mass is 9.98. The van der Waals surface area contributed by atoms with Crippen LogP contribution in [0.4, 0.5) is 10.1 Å². The van der Waals surface area contributed by atoms with Gasteiger partial charge in [-0.05, 0) is 46.7 Å². The zero-order valence-electron chi connectivity index (χ0n) is 16.9. The highest BCUT2D eigenvalue weighted by atomic mass is 19.1. The van der Waals surface area contributed by atoms with E-state index in [1.807, 2.05) is 30.3 Å². The minimum atomic E-state index is -0.478. The summed E-state index contributed by atoms with van der Waals surface area (Å²) >= 11 is 0. The normalized spacial score (nSPS) is 11.2. The van der Waals surface area contributed by atoms with Gasteiger partial charge in [-0.3, -0.25) is 10.1 Å². The minimum Gasteiger partial charge on any atom is -0.488 e. The number of nitrogens with zero attached hydrogens (tertiary/aromatic N) is 2. The Morgan fingerprint density at radius 3 is 2.44 bits per heavy atom. The second-order valence-corrected chi connectivity index (χ2v) is 7.06. The topological polar surface area (TPSA) is 76.2 Å². The largest absolute Gasteiger partial charge is 0.488 e. The number of hydrogen-bond donors (Lipinski definition) is 0. The molecule has 4 aromatic rings. The SMILES string of the molecule is N#C/C(=C/c1c(OCc2ccc([N+](=O)[O-])cc2)ccc2ccccc12)c1ccccc1F. The summed E-state index contributed by atoms with van der Waals surface area (Å²) in [7, 11) is 0. The second kappa shape index (κ2) is 9.11. The maximum atomic E-state index is 14.3. The fraction of sp³-hybridized carbons (Fsp3) is 0.0385. The quantitative estimate of drug-likeness (QED) is 0.153. The first-order chi connectivity index (χ1) is 15.6. The molecule has 4 aromatic carbocycles. The van der Waals surface area contributed by atoms with Gasteiger partial charge in [0.25, 0.3) is 5.69 Å². The summed E-state index contributed by atoms with van der Waals surface area (Å²) in [6, 6.07) is 25.7. The molecule has 0 aromatic heterocycles. The van der Waals surface area contributed by atoms with Crippen molar-refractivity contribution in [1.29, 1.82) is 5.26 Å². The Balaban J connectivity index is 1.75. The Bertz CT molecular complexity index is 1370. The Hall–Kier alpha value is -4.50. The van der Waals surface area contributed by atoms with E-state index < -0.39 is 10.7 Å². The number of non-ortho nitro benzene ring substituents is 1. The molecule has 32 heavy (non-hydrogen) atoms. The Morgan fingerprint density at radius 2 is 1.72 bits per heavy atom. The zero-order chi connectivity index (χ0) is 22.5. The Labute approximate surface area is 183 Å². The molecule has 0 spiro atoms. The molecule has 0 saturated heterocycles. The molecular formula is C26H17FN2O3. The van der Waals surface area contributed by atoms with E-state index in [0.717, 1.165) is 16.3 Å². The van der Waals surface area contributed by atoms with Crippen molar-refractivity contribution >= 4 is 28.1 Å². The van der Waals surface area contributed by atoms with Crippen molar-refractivity contribution in [2.24, 2.45) is 0 Å². The third-order valence-electron chi connectivity index (χ3n) is 5.05. The number of ether oxygens (including phenoxy) is 1. The molecule has 6 heteroatoms. The van der Waals surface area contributed by atoms with Crippen molar-refractivity contribution in [1.82, 2.24) is 0 Å². The average molecular weight is 424 g/mol. The van der Waals surface area contributed by atoms with Gasteiger partial charge in [0.1, 0.15) is 18.2 Å². The van der Waals surface area contributed by atoms with Gasteiger partial charge in [-0.15, -0.1) is 0 Å². The summed E-state index contributed by atoms with van der Waals surface area (Å²) in [6.07, 6.45) is 1.63. The number of nitriles is 1. The smallest absolute Gasteiger partial charge is 0.269 e. The van der Waals surface area contributed by atoms with E-state index in [0.29, 0.717) is 11.3 Å². The minimum absolute atomic E-state index is 0.00614. The lowest BCUT2D eigenvalue weighted by molar-refractivity contribution is -0.384. The molecule has 0 aliphatic carbocycles. The van der Waals surface area contributed by atoms with Crippen LogP contribution in [0, 0.1) is 27.3 Å². The van der Waals surface area contributed by atoms with Gasteiger partial charge in [-0.1, -0.05) is 48.5 Å². The summed E-state index contributed by atoms with van der Waals surface area (Å²) < 4.78 is 20.4. The molecule has 0 atom stereocenters. The number of fused-ring (bicyclic) bond motifs is 1. The lowest BCUT2D eigenvalue weighted by Crippen LogP contribution is -1.98. The van der Waals surface area contributed by atoms with Gasteiger partial charge < -0.3 is 4.74 Å². The van der Waals surface area contributed by atoms with E-state index in [-0.39, 0.29) is 23.4 Å². The fourth-order valence-corrected chi connectivity index (χ4v) is 3.42. The van der Waals surface area contributed by atoms with Gasteiger partial charge in [-0.25, -0.2) is 4.39 Å². The van der Waals surface area contributed by atoms with Crippen LogP contribution in [0.15, 0.2) is 84.9 Å². The molecule has 0 aliphatic rings. The number of halogens is 1. The van der Waals surface area contributed by atoms with Crippen LogP contribution in [0.5, 0.6) is 5.75 Å². The first kappa shape index (κ1) is 20.8. The van der Waals surface area contributed by atoms with Crippen LogP contribution in [-0.4, -0.2) is 4.92 Å². The molecule has 5 nitrogen and oxygen atoms in total. The third kappa shape index (κ3) is 4.32. The van der Waals surface area contributed by atoms with Gasteiger partial charge >= 0.3 is 0 Å². The number of nitro groups is 1. The first-order valence-electron chi connectivity index (χ1n) is 9.81. The van der Waals surface area contributed by atoms with Crippen LogP contribution >= 0.6 is 0 Å². The third-order valence-corrected chi connectivity index (χ3v) is 5.05. The highest BCUT2D eigenvalue weighted by Crippen LogP contribution is 2.33. The Morgan fingerprint density at radius 1 is 1.00 bits per heavy atom. The van der Waals surface area contributed by atoms with Gasteiger partial charge in [0.15, 0.2) is 0 Å². The number of benzene rings is 4. The number of rotatable bonds is 6. The van der Waals surface area contributed by atoms with Crippen molar-refractivity contribution in [2.45, 2.75) is 6.61 Å². The van der Waals surface area contributed by atoms with Crippen molar-refractivity contribution < 1.29 is 14.1 Å². The summed E-state index contributed by atoms with van der Waals surface area (Å²) in [5, 5.41) is 22.4. The van der Waals surface area contributed by atoms with Gasteiger partial charge in [-0.2, -0.15) is 5.26 Å². The molecule has 0 radical (unpaired) electrons. The zero-order valence-corrected chi connectivity index (χ0v) is 16.9. The second-order valence-electron chi connectivity index (χ2n) is 7.06. The summed E-state index contributed by atoms with van der Waals surface area (Å²) in [4.78, 5) is 10.4. The van der Waals surface area contributed by atoms with Crippen molar-refractivity contribution in [3.05, 3.63) is 118 Å². The molecule has 4 rings (SSSR count). The number of nitro benzene ring substituents is 1. The van der Waals surface area contributed by atoms with Crippen LogP contribution in [0.25, 0.3) is 22.4 Å². The predicted molar refractivity (Wildman–Crippen MR) is 121 cm³/mol. The van der Waals surface area contributed by atoms with E-state index in [4.69, 9.17) is 4.74 Å². The standard InChI is InChI=1S/C26H17FN2O3/c27-25-8-4-3-7-23(25)20(16-28)15-24-22-6-2-1-5-19(22)11-14-26(24)32-17-18-9-12-21(13-10-18)29(30)31/h1-15H,17H2/b20-15-. The van der Waals surface area contributed by atoms with E-state index in [1.54, 1.807) is 42.5 Å². The molecular weight excluding hydrogens is 407 g/mol. The molecule has 0 N–H and O–H groups in total. The van der Waals surface area contributed by atoms with Gasteiger partial charge in [0.2, 0.25) is 0 Å². The number of allylic oxidation sites excluding steroid dienone is 1. The average Bonchev–Trinajstić information content (AvgIpc) is 2.82. The van der Waals surface area contributed by atoms with Crippen molar-refractivity contribution in [3.63, 3.8) is 0 Å². The van der Waals surface area contributed by atoms with Gasteiger partial charge in [0.05, 0.1) is 16.6 Å². The van der Waals surface area contributed by atoms with Gasteiger partial charge in [0, 0.05) is 23.3 Å². The van der Waals surface area contributed by atoms with Crippen molar-refractivity contribution in [3.8, 4) is 11.8 Å². The van der Waals surface area contributed by atoms with E-state index in [2.05, 4.69) is 6.07 Å². The van der Waals surface area contributed by atoms with Crippen LogP contribution in [0.2, 0.25) is 0 Å². The molecule has 0 amide bonds. The molecule has 0 bridgehead atoms. The van der Waals surface area contributed by atoms with Crippen LogP contribution in [-0.2, 0) is 6.61 Å². The monoisotopic (exact) mass is 424 g/mol. The van der Waals surface area contributed by atoms with Crippen LogP contribution in [0.1, 0.15) is 16.7 Å². The highest BCUT2D eigenvalue weighted by molar-refractivity contribution is 6.00. The van der Waals surface area contributed by atoms with Crippen molar-refractivity contribution in [2.75, 3.05) is 0 Å². The molecule has 0 unspecified atom stereocenters. The van der Waals surface area contributed by atoms with Crippen LogP contribution < -0.4 is 4.74 Å². The lowest BCUT2D eigenvalue weighted by Gasteiger charge is -2.13. The van der Waals surface area contributed by atoms with E-state index >= 15 is 0 Å². The van der Waals surface area contributed by atoms with E-state index in [9.17, 15) is 19.8 Å². The van der Waals surface area contributed by atoms with Crippen LogP contribution in [0.3, 0.4) is 0 Å². The first-order valence-corrected chi connectivity index (χ1v) is 9.81. The highest BCUT2D eigenvalue weighted by Gasteiger charge is 2.13. The maximum absolute atomic E-state index is 14.3. The molecule has 156 valence electrons. The molecule has 0 heterocycles. The summed E-state index contributed by atoms with van der Waals surface area (Å²) in [5.41, 5.74) is 1.81. The number of hydrogen-bond acceptors (Lipinski definition) is 4. The molecule has 0 saturated carbocycles. The summed E-state index contributed by atoms with van der Waals surface area (Å²) in [5.74, 6) is 0.0417. The Kier molecular flexibility index (Phi) is 5.91.